The predicted octanol–water partition coefficient (Wildman–Crippen LogP) is 4.87. The van der Waals surface area contributed by atoms with Crippen LogP contribution in [0.5, 0.6) is 0 Å². The third-order valence-electron chi connectivity index (χ3n) is 3.91. The van der Waals surface area contributed by atoms with Crippen molar-refractivity contribution in [3.8, 4) is 0 Å². The molecule has 1 unspecified atom stereocenters. The highest BCUT2D eigenvalue weighted by atomic mass is 35.5. The van der Waals surface area contributed by atoms with Gasteiger partial charge in [-0.3, -0.25) is 4.79 Å². The molecule has 152 valence electrons. The molecule has 0 fully saturated rings. The molecule has 1 N–H and O–H groups in total. The fourth-order valence-electron chi connectivity index (χ4n) is 2.52. The van der Waals surface area contributed by atoms with Gasteiger partial charge in [-0.25, -0.2) is 0 Å². The van der Waals surface area contributed by atoms with Gasteiger partial charge in [0, 0.05) is 33.8 Å². The van der Waals surface area contributed by atoms with E-state index in [1.165, 1.54) is 20.4 Å². The Hall–Kier alpha value is -2.83. The van der Waals surface area contributed by atoms with Crippen LogP contribution in [-0.4, -0.2) is 32.0 Å². The maximum absolute atomic E-state index is 12.1. The summed E-state index contributed by atoms with van der Waals surface area (Å²) in [5.41, 5.74) is 2.18. The number of allylic oxidation sites excluding steroid dienone is 1. The lowest BCUT2D eigenvalue weighted by Crippen LogP contribution is -2.29. The number of oxime groups is 2. The van der Waals surface area contributed by atoms with E-state index >= 15 is 0 Å². The lowest BCUT2D eigenvalue weighted by atomic mass is 9.99. The Balaban J connectivity index is 2.14. The van der Waals surface area contributed by atoms with E-state index in [-0.39, 0.29) is 11.6 Å². The maximum atomic E-state index is 12.1. The highest BCUT2D eigenvalue weighted by molar-refractivity contribution is 6.45. The Bertz CT molecular complexity index is 922. The lowest BCUT2D eigenvalue weighted by Gasteiger charge is -2.15. The predicted molar refractivity (Wildman–Crippen MR) is 118 cm³/mol. The van der Waals surface area contributed by atoms with Crippen molar-refractivity contribution in [3.05, 3.63) is 75.3 Å². The van der Waals surface area contributed by atoms with E-state index < -0.39 is 6.10 Å². The minimum Gasteiger partial charge on any atom is -0.398 e. The summed E-state index contributed by atoms with van der Waals surface area (Å²) in [5, 5.41) is 11.4. The van der Waals surface area contributed by atoms with Gasteiger partial charge in [0.1, 0.15) is 13.2 Å². The number of carbonyl (C=O) groups excluding carboxylic acids is 1. The summed E-state index contributed by atoms with van der Waals surface area (Å²) in [4.78, 5) is 22.5. The van der Waals surface area contributed by atoms with Crippen LogP contribution in [0.25, 0.3) is 6.08 Å². The molecule has 6 nitrogen and oxygen atoms in total. The summed E-state index contributed by atoms with van der Waals surface area (Å²) in [6, 6.07) is 12.5. The van der Waals surface area contributed by atoms with Crippen molar-refractivity contribution in [2.24, 2.45) is 10.3 Å². The van der Waals surface area contributed by atoms with Gasteiger partial charge in [0.15, 0.2) is 5.71 Å². The fourth-order valence-corrected chi connectivity index (χ4v) is 3.04. The molecule has 0 bridgehead atoms. The molecule has 0 radical (unpaired) electrons. The Morgan fingerprint density at radius 1 is 1.14 bits per heavy atom. The van der Waals surface area contributed by atoms with Gasteiger partial charge >= 0.3 is 0 Å². The molecular formula is C21H21Cl2N3O3. The van der Waals surface area contributed by atoms with Crippen molar-refractivity contribution in [1.29, 1.82) is 0 Å². The van der Waals surface area contributed by atoms with Crippen LogP contribution in [0.3, 0.4) is 0 Å². The SMILES string of the molecule is CNC(=O)/C(=N/OC)c1ccccc1C(C)O/N=C/C=C/c1c(Cl)cccc1Cl. The van der Waals surface area contributed by atoms with Gasteiger partial charge in [-0.15, -0.1) is 0 Å². The van der Waals surface area contributed by atoms with Crippen LogP contribution in [0, 0.1) is 0 Å². The second-order valence-corrected chi connectivity index (χ2v) is 6.60. The van der Waals surface area contributed by atoms with Gasteiger partial charge in [0.05, 0.1) is 6.21 Å². The second kappa shape index (κ2) is 11.2. The molecule has 0 saturated carbocycles. The highest BCUT2D eigenvalue weighted by Gasteiger charge is 2.20. The van der Waals surface area contributed by atoms with Crippen molar-refractivity contribution >= 4 is 47.1 Å². The number of likely N-dealkylation sites (N-methyl/N-ethyl adjacent to an activating group) is 1. The van der Waals surface area contributed by atoms with E-state index in [4.69, 9.17) is 32.9 Å². The third-order valence-corrected chi connectivity index (χ3v) is 4.57. The van der Waals surface area contributed by atoms with E-state index in [2.05, 4.69) is 15.6 Å². The standard InChI is InChI=1S/C21H21Cl2N3O3/c1-14(29-25-13-7-10-17-18(22)11-6-12-19(17)23)15-8-4-5-9-16(15)20(26-28-3)21(27)24-2/h4-14H,1-3H3,(H,24,27)/b10-7+,25-13+,26-20+. The molecule has 8 heteroatoms. The topological polar surface area (TPSA) is 72.3 Å². The normalized spacial score (nSPS) is 12.9. The fraction of sp³-hybridized carbons (Fsp3) is 0.190. The number of nitrogens with one attached hydrogen (secondary N) is 1. The molecule has 0 spiro atoms. The van der Waals surface area contributed by atoms with E-state index in [9.17, 15) is 4.79 Å². The molecule has 2 aromatic carbocycles. The Labute approximate surface area is 179 Å². The van der Waals surface area contributed by atoms with Gasteiger partial charge in [-0.05, 0) is 25.1 Å². The monoisotopic (exact) mass is 433 g/mol. The molecule has 0 heterocycles. The first kappa shape index (κ1) is 22.5. The molecule has 1 atom stereocenters. The molecule has 1 amide bonds. The van der Waals surface area contributed by atoms with Gasteiger partial charge in [0.25, 0.3) is 5.91 Å². The van der Waals surface area contributed by atoms with E-state index in [0.717, 1.165) is 5.56 Å². The number of rotatable bonds is 8. The second-order valence-electron chi connectivity index (χ2n) is 5.79. The van der Waals surface area contributed by atoms with Crippen molar-refractivity contribution in [3.63, 3.8) is 0 Å². The first-order chi connectivity index (χ1) is 14.0. The molecule has 0 saturated heterocycles. The number of amides is 1. The molecule has 2 rings (SSSR count). The number of nitrogens with zero attached hydrogens (tertiary/aromatic N) is 2. The highest BCUT2D eigenvalue weighted by Crippen LogP contribution is 2.25. The Kier molecular flexibility index (Phi) is 8.70. The third kappa shape index (κ3) is 6.07. The first-order valence-electron chi connectivity index (χ1n) is 8.72. The largest absolute Gasteiger partial charge is 0.398 e. The van der Waals surface area contributed by atoms with Gasteiger partial charge < -0.3 is 15.0 Å². The van der Waals surface area contributed by atoms with Crippen molar-refractivity contribution in [2.45, 2.75) is 13.0 Å². The zero-order chi connectivity index (χ0) is 21.2. The van der Waals surface area contributed by atoms with Crippen LogP contribution in [0.1, 0.15) is 29.7 Å². The first-order valence-corrected chi connectivity index (χ1v) is 9.47. The Morgan fingerprint density at radius 2 is 1.83 bits per heavy atom. The minimum atomic E-state index is -0.438. The molecule has 0 aliphatic rings. The molecule has 0 aromatic heterocycles. The maximum Gasteiger partial charge on any atom is 0.273 e. The van der Waals surface area contributed by atoms with Crippen LogP contribution in [-0.2, 0) is 14.5 Å². The van der Waals surface area contributed by atoms with Gasteiger partial charge in [0.2, 0.25) is 0 Å². The van der Waals surface area contributed by atoms with E-state index in [0.29, 0.717) is 21.2 Å². The van der Waals surface area contributed by atoms with Crippen molar-refractivity contribution < 1.29 is 14.5 Å². The summed E-state index contributed by atoms with van der Waals surface area (Å²) >= 11 is 12.2. The van der Waals surface area contributed by atoms with Crippen LogP contribution < -0.4 is 5.32 Å². The van der Waals surface area contributed by atoms with E-state index in [1.807, 2.05) is 19.1 Å². The number of benzene rings is 2. The minimum absolute atomic E-state index is 0.151. The van der Waals surface area contributed by atoms with Crippen LogP contribution in [0.2, 0.25) is 10.0 Å². The van der Waals surface area contributed by atoms with Crippen LogP contribution in [0.4, 0.5) is 0 Å². The number of halogens is 2. The van der Waals surface area contributed by atoms with Gasteiger partial charge in [-0.1, -0.05) is 69.9 Å². The quantitative estimate of drug-likeness (QED) is 0.476. The van der Waals surface area contributed by atoms with Gasteiger partial charge in [-0.2, -0.15) is 0 Å². The zero-order valence-electron chi connectivity index (χ0n) is 16.2. The Morgan fingerprint density at radius 3 is 2.48 bits per heavy atom. The zero-order valence-corrected chi connectivity index (χ0v) is 17.7. The van der Waals surface area contributed by atoms with Crippen molar-refractivity contribution in [2.75, 3.05) is 14.2 Å². The summed E-state index contributed by atoms with van der Waals surface area (Å²) in [6.45, 7) is 1.82. The summed E-state index contributed by atoms with van der Waals surface area (Å²) in [6.07, 6.45) is 4.47. The number of carbonyl (C=O) groups is 1. The van der Waals surface area contributed by atoms with Crippen LogP contribution in [0.15, 0.2) is 58.9 Å². The average Bonchev–Trinajstić information content (AvgIpc) is 2.73. The van der Waals surface area contributed by atoms with Crippen LogP contribution >= 0.6 is 23.2 Å². The summed E-state index contributed by atoms with van der Waals surface area (Å²) in [7, 11) is 2.91. The number of hydrogen-bond acceptors (Lipinski definition) is 5. The number of hydrogen-bond donors (Lipinski definition) is 1. The van der Waals surface area contributed by atoms with E-state index in [1.54, 1.807) is 42.5 Å². The molecule has 2 aromatic rings. The average molecular weight is 434 g/mol. The molecule has 29 heavy (non-hydrogen) atoms. The van der Waals surface area contributed by atoms with Crippen molar-refractivity contribution in [1.82, 2.24) is 5.32 Å². The summed E-state index contributed by atoms with van der Waals surface area (Å²) < 4.78 is 0. The molecule has 0 aliphatic heterocycles. The molecular weight excluding hydrogens is 413 g/mol. The molecule has 0 aliphatic carbocycles. The summed E-state index contributed by atoms with van der Waals surface area (Å²) in [5.74, 6) is -0.366. The smallest absolute Gasteiger partial charge is 0.273 e. The lowest BCUT2D eigenvalue weighted by molar-refractivity contribution is -0.114.